The minimum absolute atomic E-state index is 0.0729. The Bertz CT molecular complexity index is 346. The summed E-state index contributed by atoms with van der Waals surface area (Å²) in [4.78, 5) is 13.8. The predicted octanol–water partition coefficient (Wildman–Crippen LogP) is 3.03. The lowest BCUT2D eigenvalue weighted by Crippen LogP contribution is -2.58. The lowest BCUT2D eigenvalue weighted by molar-refractivity contribution is -0.298. The second-order valence-electron chi connectivity index (χ2n) is 7.20. The molecule has 0 aromatic rings. The zero-order valence-corrected chi connectivity index (χ0v) is 14.0. The molecule has 1 heterocycles. The SMILES string of the molecule is CC(C)[C@@H]1OC(C)(C)OC[C@H]1N(C)C(=O)OC(C)(C)C. The van der Waals surface area contributed by atoms with Gasteiger partial charge in [0.15, 0.2) is 5.79 Å². The van der Waals surface area contributed by atoms with Crippen LogP contribution in [0.15, 0.2) is 0 Å². The Hall–Kier alpha value is -0.810. The van der Waals surface area contributed by atoms with E-state index in [4.69, 9.17) is 14.2 Å². The largest absolute Gasteiger partial charge is 0.444 e. The highest BCUT2D eigenvalue weighted by atomic mass is 16.7. The van der Waals surface area contributed by atoms with E-state index >= 15 is 0 Å². The van der Waals surface area contributed by atoms with E-state index in [1.165, 1.54) is 0 Å². The number of carbonyl (C=O) groups is 1. The van der Waals surface area contributed by atoms with Crippen molar-refractivity contribution in [3.05, 3.63) is 0 Å². The van der Waals surface area contributed by atoms with Gasteiger partial charge in [-0.3, -0.25) is 0 Å². The monoisotopic (exact) mass is 287 g/mol. The minimum atomic E-state index is -0.611. The van der Waals surface area contributed by atoms with Crippen LogP contribution in [-0.2, 0) is 14.2 Å². The topological polar surface area (TPSA) is 48.0 Å². The third kappa shape index (κ3) is 4.63. The van der Waals surface area contributed by atoms with Gasteiger partial charge < -0.3 is 19.1 Å². The molecule has 0 aliphatic carbocycles. The van der Waals surface area contributed by atoms with Crippen LogP contribution in [0.2, 0.25) is 0 Å². The molecule has 1 rings (SSSR count). The minimum Gasteiger partial charge on any atom is -0.444 e. The fourth-order valence-corrected chi connectivity index (χ4v) is 2.20. The number of nitrogens with zero attached hydrogens (tertiary/aromatic N) is 1. The van der Waals surface area contributed by atoms with Gasteiger partial charge >= 0.3 is 6.09 Å². The zero-order chi connectivity index (χ0) is 15.7. The van der Waals surface area contributed by atoms with Crippen LogP contribution in [0.3, 0.4) is 0 Å². The maximum absolute atomic E-state index is 12.2. The van der Waals surface area contributed by atoms with Crippen molar-refractivity contribution < 1.29 is 19.0 Å². The first kappa shape index (κ1) is 17.2. The van der Waals surface area contributed by atoms with Crippen LogP contribution in [0.5, 0.6) is 0 Å². The molecule has 0 unspecified atom stereocenters. The first-order chi connectivity index (χ1) is 8.93. The van der Waals surface area contributed by atoms with Gasteiger partial charge in [-0.05, 0) is 40.5 Å². The predicted molar refractivity (Wildman–Crippen MR) is 77.5 cm³/mol. The average molecular weight is 287 g/mol. The molecule has 2 atom stereocenters. The molecule has 0 radical (unpaired) electrons. The molecule has 0 N–H and O–H groups in total. The van der Waals surface area contributed by atoms with Crippen molar-refractivity contribution in [1.82, 2.24) is 4.90 Å². The van der Waals surface area contributed by atoms with Crippen molar-refractivity contribution in [1.29, 1.82) is 0 Å². The summed E-state index contributed by atoms with van der Waals surface area (Å²) in [6.07, 6.45) is -0.420. The smallest absolute Gasteiger partial charge is 0.410 e. The zero-order valence-electron chi connectivity index (χ0n) is 14.0. The van der Waals surface area contributed by atoms with E-state index in [2.05, 4.69) is 13.8 Å². The van der Waals surface area contributed by atoms with E-state index in [9.17, 15) is 4.79 Å². The summed E-state index contributed by atoms with van der Waals surface area (Å²) in [6.45, 7) is 14.0. The summed E-state index contributed by atoms with van der Waals surface area (Å²) in [5, 5.41) is 0. The van der Waals surface area contributed by atoms with E-state index < -0.39 is 11.4 Å². The van der Waals surface area contributed by atoms with Crippen molar-refractivity contribution in [3.8, 4) is 0 Å². The van der Waals surface area contributed by atoms with E-state index in [0.29, 0.717) is 6.61 Å². The van der Waals surface area contributed by atoms with Crippen LogP contribution in [0.25, 0.3) is 0 Å². The highest BCUT2D eigenvalue weighted by molar-refractivity contribution is 5.68. The van der Waals surface area contributed by atoms with Crippen molar-refractivity contribution in [2.75, 3.05) is 13.7 Å². The quantitative estimate of drug-likeness (QED) is 0.783. The standard InChI is InChI=1S/C15H29NO4/c1-10(2)12-11(9-18-15(6,7)19-12)16(8)13(17)20-14(3,4)5/h10-12H,9H2,1-8H3/t11-,12+/m1/s1. The fourth-order valence-electron chi connectivity index (χ4n) is 2.20. The van der Waals surface area contributed by atoms with Gasteiger partial charge in [0.25, 0.3) is 0 Å². The van der Waals surface area contributed by atoms with Crippen molar-refractivity contribution in [3.63, 3.8) is 0 Å². The molecule has 1 amide bonds. The highest BCUT2D eigenvalue weighted by Gasteiger charge is 2.42. The molecule has 5 heteroatoms. The molecule has 0 bridgehead atoms. The molecule has 5 nitrogen and oxygen atoms in total. The molecule has 20 heavy (non-hydrogen) atoms. The Kier molecular flexibility index (Phi) is 5.08. The summed E-state index contributed by atoms with van der Waals surface area (Å²) in [5.74, 6) is -0.326. The second-order valence-corrected chi connectivity index (χ2v) is 7.20. The molecule has 0 saturated carbocycles. The average Bonchev–Trinajstić information content (AvgIpc) is 2.24. The molecule has 1 aliphatic heterocycles. The third-order valence-corrected chi connectivity index (χ3v) is 3.24. The van der Waals surface area contributed by atoms with Crippen LogP contribution in [-0.4, -0.2) is 48.2 Å². The lowest BCUT2D eigenvalue weighted by atomic mass is 9.97. The van der Waals surface area contributed by atoms with Crippen molar-refractivity contribution >= 4 is 6.09 Å². The molecule has 1 saturated heterocycles. The highest BCUT2D eigenvalue weighted by Crippen LogP contribution is 2.29. The van der Waals surface area contributed by atoms with Crippen LogP contribution in [0.1, 0.15) is 48.5 Å². The van der Waals surface area contributed by atoms with Gasteiger partial charge in [-0.2, -0.15) is 0 Å². The van der Waals surface area contributed by atoms with Crippen LogP contribution >= 0.6 is 0 Å². The number of amides is 1. The molecule has 1 fully saturated rings. The van der Waals surface area contributed by atoms with E-state index in [-0.39, 0.29) is 24.2 Å². The second kappa shape index (κ2) is 5.90. The lowest BCUT2D eigenvalue weighted by Gasteiger charge is -2.45. The number of ether oxygens (including phenoxy) is 3. The van der Waals surface area contributed by atoms with E-state index in [1.54, 1.807) is 11.9 Å². The van der Waals surface area contributed by atoms with E-state index in [1.807, 2.05) is 34.6 Å². The Labute approximate surface area is 122 Å². The van der Waals surface area contributed by atoms with Gasteiger partial charge in [-0.1, -0.05) is 13.8 Å². The van der Waals surface area contributed by atoms with Crippen LogP contribution in [0.4, 0.5) is 4.79 Å². The Morgan fingerprint density at radius 3 is 2.35 bits per heavy atom. The third-order valence-electron chi connectivity index (χ3n) is 3.24. The van der Waals surface area contributed by atoms with Gasteiger partial charge in [-0.25, -0.2) is 4.79 Å². The maximum Gasteiger partial charge on any atom is 0.410 e. The van der Waals surface area contributed by atoms with Crippen LogP contribution < -0.4 is 0 Å². The molecular formula is C15H29NO4. The first-order valence-corrected chi connectivity index (χ1v) is 7.20. The van der Waals surface area contributed by atoms with Gasteiger partial charge in [-0.15, -0.1) is 0 Å². The summed E-state index contributed by atoms with van der Waals surface area (Å²) >= 11 is 0. The number of hydrogen-bond acceptors (Lipinski definition) is 4. The molecular weight excluding hydrogens is 258 g/mol. The number of rotatable bonds is 2. The van der Waals surface area contributed by atoms with Crippen molar-refractivity contribution in [2.45, 2.75) is 72.0 Å². The summed E-state index contributed by atoms with van der Waals surface area (Å²) in [7, 11) is 1.74. The number of likely N-dealkylation sites (N-methyl/N-ethyl adjacent to an activating group) is 1. The fraction of sp³-hybridized carbons (Fsp3) is 0.933. The Balaban J connectivity index is 2.80. The summed E-state index contributed by atoms with van der Waals surface area (Å²) < 4.78 is 17.1. The number of carbonyl (C=O) groups excluding carboxylic acids is 1. The first-order valence-electron chi connectivity index (χ1n) is 7.20. The van der Waals surface area contributed by atoms with Gasteiger partial charge in [0.2, 0.25) is 0 Å². The van der Waals surface area contributed by atoms with Gasteiger partial charge in [0.05, 0.1) is 18.8 Å². The molecule has 0 spiro atoms. The van der Waals surface area contributed by atoms with Crippen molar-refractivity contribution in [2.24, 2.45) is 5.92 Å². The Morgan fingerprint density at radius 1 is 1.35 bits per heavy atom. The van der Waals surface area contributed by atoms with Crippen LogP contribution in [0, 0.1) is 5.92 Å². The molecule has 0 aromatic heterocycles. The number of hydrogen-bond donors (Lipinski definition) is 0. The van der Waals surface area contributed by atoms with Gasteiger partial charge in [0.1, 0.15) is 5.60 Å². The molecule has 118 valence electrons. The normalized spacial score (nSPS) is 26.4. The maximum atomic E-state index is 12.2. The Morgan fingerprint density at radius 2 is 1.90 bits per heavy atom. The molecule has 1 aliphatic rings. The summed E-state index contributed by atoms with van der Waals surface area (Å²) in [5.41, 5.74) is -0.506. The molecule has 0 aromatic carbocycles. The van der Waals surface area contributed by atoms with Gasteiger partial charge in [0, 0.05) is 7.05 Å². The summed E-state index contributed by atoms with van der Waals surface area (Å²) in [6, 6.07) is -0.141. The van der Waals surface area contributed by atoms with E-state index in [0.717, 1.165) is 0 Å².